The van der Waals surface area contributed by atoms with Gasteiger partial charge in [-0.05, 0) is 36.8 Å². The van der Waals surface area contributed by atoms with Crippen LogP contribution in [-0.2, 0) is 4.79 Å². The predicted molar refractivity (Wildman–Crippen MR) is 123 cm³/mol. The van der Waals surface area contributed by atoms with Crippen molar-refractivity contribution in [3.8, 4) is 5.75 Å². The summed E-state index contributed by atoms with van der Waals surface area (Å²) < 4.78 is 4.96. The molecule has 0 bridgehead atoms. The maximum absolute atomic E-state index is 12.6. The van der Waals surface area contributed by atoms with E-state index in [4.69, 9.17) is 16.3 Å². The first-order valence-corrected chi connectivity index (χ1v) is 10.7. The highest BCUT2D eigenvalue weighted by molar-refractivity contribution is 6.33. The molecule has 9 nitrogen and oxygen atoms in total. The molecule has 32 heavy (non-hydrogen) atoms. The SMILES string of the molecule is CCCC(=O)N1CCN(c2ccc(NC(=O)c3ccc(OC)c([N+](=O)[O-])c3)cc2Cl)CC1. The number of ether oxygens (including phenoxy) is 1. The molecule has 2 aromatic carbocycles. The Balaban J connectivity index is 1.67. The summed E-state index contributed by atoms with van der Waals surface area (Å²) in [6.45, 7) is 4.63. The molecule has 1 heterocycles. The highest BCUT2D eigenvalue weighted by Crippen LogP contribution is 2.31. The van der Waals surface area contributed by atoms with Crippen LogP contribution in [0.3, 0.4) is 0 Å². The number of carbonyl (C=O) groups excluding carboxylic acids is 2. The fourth-order valence-electron chi connectivity index (χ4n) is 3.59. The molecule has 0 aliphatic carbocycles. The number of hydrogen-bond donors (Lipinski definition) is 1. The second-order valence-electron chi connectivity index (χ2n) is 7.38. The lowest BCUT2D eigenvalue weighted by Gasteiger charge is -2.36. The number of piperazine rings is 1. The minimum atomic E-state index is -0.600. The first-order chi connectivity index (χ1) is 15.3. The molecule has 170 valence electrons. The standard InChI is InChI=1S/C22H25ClN4O5/c1-3-4-21(28)26-11-9-25(10-12-26)18-7-6-16(14-17(18)23)24-22(29)15-5-8-20(32-2)19(13-15)27(30)31/h5-8,13-14H,3-4,9-12H2,1-2H3,(H,24,29). The van der Waals surface area contributed by atoms with E-state index >= 15 is 0 Å². The summed E-state index contributed by atoms with van der Waals surface area (Å²) in [5, 5.41) is 14.4. The largest absolute Gasteiger partial charge is 0.490 e. The van der Waals surface area contributed by atoms with Gasteiger partial charge in [-0.15, -0.1) is 0 Å². The molecule has 2 aromatic rings. The van der Waals surface area contributed by atoms with Crippen LogP contribution in [-0.4, -0.2) is 54.9 Å². The van der Waals surface area contributed by atoms with Gasteiger partial charge in [-0.3, -0.25) is 19.7 Å². The number of nitro benzene ring substituents is 1. The number of nitrogens with zero attached hydrogens (tertiary/aromatic N) is 3. The van der Waals surface area contributed by atoms with Crippen molar-refractivity contribution in [1.29, 1.82) is 0 Å². The van der Waals surface area contributed by atoms with E-state index in [1.165, 1.54) is 25.3 Å². The summed E-state index contributed by atoms with van der Waals surface area (Å²) in [5.74, 6) is -0.242. The first kappa shape index (κ1) is 23.3. The molecule has 0 spiro atoms. The second-order valence-corrected chi connectivity index (χ2v) is 7.79. The average molecular weight is 461 g/mol. The number of benzene rings is 2. The zero-order valence-corrected chi connectivity index (χ0v) is 18.7. The summed E-state index contributed by atoms with van der Waals surface area (Å²) in [6, 6.07) is 9.19. The lowest BCUT2D eigenvalue weighted by molar-refractivity contribution is -0.385. The highest BCUT2D eigenvalue weighted by Gasteiger charge is 2.22. The van der Waals surface area contributed by atoms with Crippen LogP contribution in [0.15, 0.2) is 36.4 Å². The number of carbonyl (C=O) groups is 2. The van der Waals surface area contributed by atoms with Gasteiger partial charge in [0.1, 0.15) is 0 Å². The number of rotatable bonds is 7. The molecular formula is C22H25ClN4O5. The fraction of sp³-hybridized carbons (Fsp3) is 0.364. The summed E-state index contributed by atoms with van der Waals surface area (Å²) in [7, 11) is 1.33. The number of nitro groups is 1. The van der Waals surface area contributed by atoms with Gasteiger partial charge in [0.2, 0.25) is 5.91 Å². The topological polar surface area (TPSA) is 105 Å². The van der Waals surface area contributed by atoms with Crippen molar-refractivity contribution >= 4 is 40.5 Å². The van der Waals surface area contributed by atoms with E-state index in [9.17, 15) is 19.7 Å². The van der Waals surface area contributed by atoms with Gasteiger partial charge in [-0.2, -0.15) is 0 Å². The number of hydrogen-bond acceptors (Lipinski definition) is 6. The number of amides is 2. The molecule has 0 radical (unpaired) electrons. The fourth-order valence-corrected chi connectivity index (χ4v) is 3.89. The van der Waals surface area contributed by atoms with Crippen LogP contribution in [0.4, 0.5) is 17.1 Å². The zero-order valence-electron chi connectivity index (χ0n) is 18.0. The summed E-state index contributed by atoms with van der Waals surface area (Å²) in [6.07, 6.45) is 1.40. The van der Waals surface area contributed by atoms with E-state index in [0.717, 1.165) is 12.1 Å². The summed E-state index contributed by atoms with van der Waals surface area (Å²) in [4.78, 5) is 39.2. The van der Waals surface area contributed by atoms with Gasteiger partial charge < -0.3 is 19.9 Å². The Morgan fingerprint density at radius 3 is 2.47 bits per heavy atom. The molecule has 1 aliphatic rings. The third-order valence-electron chi connectivity index (χ3n) is 5.28. The Morgan fingerprint density at radius 2 is 1.88 bits per heavy atom. The monoisotopic (exact) mass is 460 g/mol. The minimum Gasteiger partial charge on any atom is -0.490 e. The van der Waals surface area contributed by atoms with Crippen molar-refractivity contribution in [2.75, 3.05) is 43.5 Å². The zero-order chi connectivity index (χ0) is 23.3. The van der Waals surface area contributed by atoms with Crippen LogP contribution < -0.4 is 15.0 Å². The Kier molecular flexibility index (Phi) is 7.53. The molecule has 1 aliphatic heterocycles. The molecule has 10 heteroatoms. The maximum atomic E-state index is 12.6. The van der Waals surface area contributed by atoms with Gasteiger partial charge in [-0.1, -0.05) is 18.5 Å². The molecule has 0 unspecified atom stereocenters. The molecule has 3 rings (SSSR count). The van der Waals surface area contributed by atoms with Crippen molar-refractivity contribution in [2.45, 2.75) is 19.8 Å². The summed E-state index contributed by atoms with van der Waals surface area (Å²) in [5.41, 5.74) is 1.14. The van der Waals surface area contributed by atoms with Gasteiger partial charge in [0.25, 0.3) is 5.91 Å². The van der Waals surface area contributed by atoms with E-state index in [1.807, 2.05) is 17.9 Å². The Bertz CT molecular complexity index is 1020. The van der Waals surface area contributed by atoms with Crippen molar-refractivity contribution in [2.24, 2.45) is 0 Å². The van der Waals surface area contributed by atoms with Crippen LogP contribution in [0.1, 0.15) is 30.1 Å². The minimum absolute atomic E-state index is 0.0791. The van der Waals surface area contributed by atoms with E-state index in [0.29, 0.717) is 43.3 Å². The Morgan fingerprint density at radius 1 is 1.16 bits per heavy atom. The van der Waals surface area contributed by atoms with Crippen molar-refractivity contribution in [3.63, 3.8) is 0 Å². The maximum Gasteiger partial charge on any atom is 0.311 e. The number of halogens is 1. The first-order valence-electron chi connectivity index (χ1n) is 10.3. The average Bonchev–Trinajstić information content (AvgIpc) is 2.79. The Hall–Kier alpha value is -3.33. The molecule has 0 atom stereocenters. The molecule has 0 saturated carbocycles. The summed E-state index contributed by atoms with van der Waals surface area (Å²) >= 11 is 6.47. The van der Waals surface area contributed by atoms with Gasteiger partial charge in [0.05, 0.1) is 22.7 Å². The van der Waals surface area contributed by atoms with Crippen LogP contribution in [0.5, 0.6) is 5.75 Å². The van der Waals surface area contributed by atoms with Gasteiger partial charge in [0.15, 0.2) is 5.75 Å². The lowest BCUT2D eigenvalue weighted by atomic mass is 10.1. The van der Waals surface area contributed by atoms with Crippen LogP contribution in [0.25, 0.3) is 0 Å². The number of anilines is 2. The van der Waals surface area contributed by atoms with Crippen LogP contribution in [0.2, 0.25) is 5.02 Å². The van der Waals surface area contributed by atoms with E-state index in [1.54, 1.807) is 12.1 Å². The molecule has 1 fully saturated rings. The van der Waals surface area contributed by atoms with E-state index < -0.39 is 10.8 Å². The molecular weight excluding hydrogens is 436 g/mol. The van der Waals surface area contributed by atoms with Crippen LogP contribution >= 0.6 is 11.6 Å². The molecule has 0 aromatic heterocycles. The number of methoxy groups -OCH3 is 1. The predicted octanol–water partition coefficient (Wildman–Crippen LogP) is 3.96. The van der Waals surface area contributed by atoms with Gasteiger partial charge in [-0.25, -0.2) is 0 Å². The van der Waals surface area contributed by atoms with E-state index in [2.05, 4.69) is 10.2 Å². The second kappa shape index (κ2) is 10.3. The normalized spacial score (nSPS) is 13.6. The van der Waals surface area contributed by atoms with Crippen molar-refractivity contribution in [1.82, 2.24) is 4.90 Å². The third kappa shape index (κ3) is 5.28. The van der Waals surface area contributed by atoms with Gasteiger partial charge in [0, 0.05) is 49.9 Å². The van der Waals surface area contributed by atoms with Crippen molar-refractivity contribution in [3.05, 3.63) is 57.1 Å². The smallest absolute Gasteiger partial charge is 0.311 e. The Labute approximate surface area is 191 Å². The highest BCUT2D eigenvalue weighted by atomic mass is 35.5. The van der Waals surface area contributed by atoms with Crippen molar-refractivity contribution < 1.29 is 19.2 Å². The quantitative estimate of drug-likeness (QED) is 0.495. The molecule has 1 N–H and O–H groups in total. The molecule has 1 saturated heterocycles. The number of nitrogens with one attached hydrogen (secondary N) is 1. The lowest BCUT2D eigenvalue weighted by Crippen LogP contribution is -2.48. The van der Waals surface area contributed by atoms with Crippen LogP contribution in [0, 0.1) is 10.1 Å². The molecule has 2 amide bonds. The third-order valence-corrected chi connectivity index (χ3v) is 5.58. The van der Waals surface area contributed by atoms with Gasteiger partial charge >= 0.3 is 5.69 Å². The van der Waals surface area contributed by atoms with E-state index in [-0.39, 0.29) is 22.9 Å².